The predicted molar refractivity (Wildman–Crippen MR) is 78.7 cm³/mol. The summed E-state index contributed by atoms with van der Waals surface area (Å²) in [5.41, 5.74) is 1.94. The van der Waals surface area contributed by atoms with Gasteiger partial charge in [0.1, 0.15) is 17.5 Å². The van der Waals surface area contributed by atoms with Gasteiger partial charge in [0.25, 0.3) is 5.71 Å². The van der Waals surface area contributed by atoms with Crippen LogP contribution in [0.3, 0.4) is 0 Å². The molecule has 0 unspecified atom stereocenters. The number of aryl methyl sites for hydroxylation is 1. The van der Waals surface area contributed by atoms with Crippen LogP contribution in [0.5, 0.6) is 0 Å². The molecule has 3 rings (SSSR count). The maximum Gasteiger partial charge on any atom is 0.335 e. The van der Waals surface area contributed by atoms with Crippen LogP contribution in [-0.4, -0.2) is 26.2 Å². The van der Waals surface area contributed by atoms with Crippen LogP contribution in [0.25, 0.3) is 11.1 Å². The van der Waals surface area contributed by atoms with Crippen LogP contribution in [0.1, 0.15) is 16.1 Å². The summed E-state index contributed by atoms with van der Waals surface area (Å²) in [6.45, 7) is 1.79. The van der Waals surface area contributed by atoms with Crippen molar-refractivity contribution in [2.45, 2.75) is 6.92 Å². The molecule has 0 aliphatic rings. The number of rotatable bonds is 3. The van der Waals surface area contributed by atoms with Crippen LogP contribution < -0.4 is 5.32 Å². The molecule has 2 N–H and O–H groups in total. The third-order valence-electron chi connectivity index (χ3n) is 2.91. The van der Waals surface area contributed by atoms with E-state index in [1.165, 1.54) is 18.5 Å². The Labute approximate surface area is 127 Å². The highest BCUT2D eigenvalue weighted by molar-refractivity contribution is 9.10. The minimum atomic E-state index is -0.985. The van der Waals surface area contributed by atoms with E-state index in [0.717, 1.165) is 0 Å². The second-order valence-electron chi connectivity index (χ2n) is 4.30. The molecule has 3 aromatic rings. The summed E-state index contributed by atoms with van der Waals surface area (Å²) in [5.74, 6) is -0.441. The van der Waals surface area contributed by atoms with Gasteiger partial charge in [0.2, 0.25) is 0 Å². The monoisotopic (exact) mass is 348 g/mol. The highest BCUT2D eigenvalue weighted by Gasteiger charge is 2.13. The Morgan fingerprint density at radius 1 is 1.38 bits per heavy atom. The number of carboxylic acids is 1. The number of anilines is 2. The Hall–Kier alpha value is -2.48. The average Bonchev–Trinajstić information content (AvgIpc) is 2.83. The molecule has 2 aromatic heterocycles. The summed E-state index contributed by atoms with van der Waals surface area (Å²) < 4.78 is 5.69. The number of hydrogen-bond acceptors (Lipinski definition) is 6. The van der Waals surface area contributed by atoms with Gasteiger partial charge in [-0.3, -0.25) is 0 Å². The van der Waals surface area contributed by atoms with Gasteiger partial charge in [-0.15, -0.1) is 0 Å². The molecule has 0 fully saturated rings. The SMILES string of the molecule is Cc1noc2ncnc(Nc3ccc(C(=O)O)cc3Br)c12. The van der Waals surface area contributed by atoms with Gasteiger partial charge >= 0.3 is 5.97 Å². The van der Waals surface area contributed by atoms with E-state index in [1.807, 2.05) is 0 Å². The van der Waals surface area contributed by atoms with Crippen molar-refractivity contribution >= 4 is 44.5 Å². The quantitative estimate of drug-likeness (QED) is 0.749. The van der Waals surface area contributed by atoms with E-state index >= 15 is 0 Å². The molecule has 0 spiro atoms. The lowest BCUT2D eigenvalue weighted by molar-refractivity contribution is 0.0697. The van der Waals surface area contributed by atoms with E-state index in [1.54, 1.807) is 13.0 Å². The molecule has 0 aliphatic carbocycles. The normalized spacial score (nSPS) is 10.8. The largest absolute Gasteiger partial charge is 0.478 e. The lowest BCUT2D eigenvalue weighted by Crippen LogP contribution is -1.99. The highest BCUT2D eigenvalue weighted by Crippen LogP contribution is 2.30. The summed E-state index contributed by atoms with van der Waals surface area (Å²) in [6, 6.07) is 4.68. The Morgan fingerprint density at radius 3 is 2.90 bits per heavy atom. The fraction of sp³-hybridized carbons (Fsp3) is 0.0769. The van der Waals surface area contributed by atoms with Gasteiger partial charge in [0.05, 0.1) is 16.9 Å². The zero-order valence-electron chi connectivity index (χ0n) is 10.8. The van der Waals surface area contributed by atoms with E-state index in [0.29, 0.717) is 32.8 Å². The second kappa shape index (κ2) is 5.13. The molecule has 0 radical (unpaired) electrons. The maximum atomic E-state index is 10.9. The first-order valence-electron chi connectivity index (χ1n) is 5.93. The predicted octanol–water partition coefficient (Wildman–Crippen LogP) is 3.13. The second-order valence-corrected chi connectivity index (χ2v) is 5.15. The Balaban J connectivity index is 2.03. The average molecular weight is 349 g/mol. The van der Waals surface area contributed by atoms with Gasteiger partial charge < -0.3 is 14.9 Å². The first-order chi connectivity index (χ1) is 10.1. The van der Waals surface area contributed by atoms with Crippen molar-refractivity contribution in [3.05, 3.63) is 40.3 Å². The van der Waals surface area contributed by atoms with Crippen molar-refractivity contribution < 1.29 is 14.4 Å². The number of aromatic carboxylic acids is 1. The number of nitrogens with zero attached hydrogens (tertiary/aromatic N) is 3. The van der Waals surface area contributed by atoms with Crippen molar-refractivity contribution in [1.29, 1.82) is 0 Å². The van der Waals surface area contributed by atoms with Crippen molar-refractivity contribution in [2.24, 2.45) is 0 Å². The van der Waals surface area contributed by atoms with Crippen LogP contribution in [-0.2, 0) is 0 Å². The first-order valence-corrected chi connectivity index (χ1v) is 6.72. The molecule has 0 atom stereocenters. The Morgan fingerprint density at radius 2 is 2.19 bits per heavy atom. The smallest absolute Gasteiger partial charge is 0.335 e. The molecular weight excluding hydrogens is 340 g/mol. The summed E-state index contributed by atoms with van der Waals surface area (Å²) in [7, 11) is 0. The number of carbonyl (C=O) groups is 1. The summed E-state index contributed by atoms with van der Waals surface area (Å²) in [6.07, 6.45) is 1.37. The number of hydrogen-bond donors (Lipinski definition) is 2. The van der Waals surface area contributed by atoms with E-state index in [-0.39, 0.29) is 5.56 Å². The first kappa shape index (κ1) is 13.5. The molecule has 1 aromatic carbocycles. The third-order valence-corrected chi connectivity index (χ3v) is 3.57. The summed E-state index contributed by atoms with van der Waals surface area (Å²) in [5, 5.41) is 16.6. The van der Waals surface area contributed by atoms with Crippen LogP contribution in [0.15, 0.2) is 33.5 Å². The molecule has 8 heteroatoms. The number of carboxylic acid groups (broad SMARTS) is 1. The van der Waals surface area contributed by atoms with Gasteiger partial charge in [-0.1, -0.05) is 5.16 Å². The van der Waals surface area contributed by atoms with Gasteiger partial charge in [-0.05, 0) is 41.1 Å². The van der Waals surface area contributed by atoms with E-state index in [9.17, 15) is 4.79 Å². The molecule has 0 aliphatic heterocycles. The Bertz CT molecular complexity index is 847. The highest BCUT2D eigenvalue weighted by atomic mass is 79.9. The fourth-order valence-corrected chi connectivity index (χ4v) is 2.37. The number of halogens is 1. The van der Waals surface area contributed by atoms with Crippen molar-refractivity contribution in [3.63, 3.8) is 0 Å². The topological polar surface area (TPSA) is 101 Å². The maximum absolute atomic E-state index is 10.9. The molecule has 21 heavy (non-hydrogen) atoms. The molecule has 0 amide bonds. The molecule has 106 valence electrons. The van der Waals surface area contributed by atoms with Gasteiger partial charge in [0.15, 0.2) is 0 Å². The van der Waals surface area contributed by atoms with E-state index < -0.39 is 5.97 Å². The minimum Gasteiger partial charge on any atom is -0.478 e. The summed E-state index contributed by atoms with van der Waals surface area (Å²) in [4.78, 5) is 19.1. The fourth-order valence-electron chi connectivity index (χ4n) is 1.89. The number of nitrogens with one attached hydrogen (secondary N) is 1. The zero-order valence-corrected chi connectivity index (χ0v) is 12.4. The number of aromatic nitrogens is 3. The minimum absolute atomic E-state index is 0.196. The van der Waals surface area contributed by atoms with Crippen LogP contribution >= 0.6 is 15.9 Å². The van der Waals surface area contributed by atoms with E-state index in [4.69, 9.17) is 9.63 Å². The van der Waals surface area contributed by atoms with Gasteiger partial charge in [0, 0.05) is 4.47 Å². The molecule has 2 heterocycles. The molecule has 0 bridgehead atoms. The molecule has 7 nitrogen and oxygen atoms in total. The molecular formula is C13H9BrN4O3. The number of fused-ring (bicyclic) bond motifs is 1. The van der Waals surface area contributed by atoms with Gasteiger partial charge in [-0.25, -0.2) is 9.78 Å². The summed E-state index contributed by atoms with van der Waals surface area (Å²) >= 11 is 3.34. The van der Waals surface area contributed by atoms with Crippen LogP contribution in [0.4, 0.5) is 11.5 Å². The lowest BCUT2D eigenvalue weighted by Gasteiger charge is -2.09. The van der Waals surface area contributed by atoms with Crippen molar-refractivity contribution in [2.75, 3.05) is 5.32 Å². The molecule has 0 saturated carbocycles. The van der Waals surface area contributed by atoms with Gasteiger partial charge in [-0.2, -0.15) is 4.98 Å². The van der Waals surface area contributed by atoms with Crippen LogP contribution in [0, 0.1) is 6.92 Å². The Kier molecular flexibility index (Phi) is 3.30. The third kappa shape index (κ3) is 2.45. The molecule has 0 saturated heterocycles. The van der Waals surface area contributed by atoms with Crippen molar-refractivity contribution in [3.8, 4) is 0 Å². The number of benzene rings is 1. The van der Waals surface area contributed by atoms with E-state index in [2.05, 4.69) is 36.4 Å². The van der Waals surface area contributed by atoms with Crippen LogP contribution in [0.2, 0.25) is 0 Å². The lowest BCUT2D eigenvalue weighted by atomic mass is 10.2. The standard InChI is InChI=1S/C13H9BrN4O3/c1-6-10-11(15-5-16-12(10)21-18-6)17-9-3-2-7(13(19)20)4-8(9)14/h2-5H,1H3,(H,19,20)(H,15,16,17). The van der Waals surface area contributed by atoms with Crippen molar-refractivity contribution in [1.82, 2.24) is 15.1 Å². The zero-order chi connectivity index (χ0) is 15.0.